The number of rotatable bonds is 3. The topological polar surface area (TPSA) is 48.8 Å². The highest BCUT2D eigenvalue weighted by atomic mass is 19.4. The fraction of sp³-hybridized carbons (Fsp3) is 0.294. The monoisotopic (exact) mass is 586 g/mol. The Kier molecular flexibility index (Phi) is 7.60. The van der Waals surface area contributed by atoms with Crippen LogP contribution in [0.5, 0.6) is 0 Å². The number of fused-ring (bicyclic) bond motifs is 2. The van der Waals surface area contributed by atoms with Gasteiger partial charge in [0.1, 0.15) is 5.69 Å². The zero-order chi connectivity index (χ0) is 30.3. The molecule has 0 aliphatic carbocycles. The molecule has 0 radical (unpaired) electrons. The van der Waals surface area contributed by atoms with E-state index in [0.29, 0.717) is 42.0 Å². The number of hydrogen-bond acceptors (Lipinski definition) is 3. The van der Waals surface area contributed by atoms with E-state index in [4.69, 9.17) is 0 Å². The molecule has 0 bridgehead atoms. The molecule has 4 aromatic rings. The summed E-state index contributed by atoms with van der Waals surface area (Å²) in [5, 5.41) is 0. The molecular weight excluding hydrogens is 553 g/mol. The number of alkyl halides is 3. The van der Waals surface area contributed by atoms with Gasteiger partial charge >= 0.3 is 6.18 Å². The summed E-state index contributed by atoms with van der Waals surface area (Å²) < 4.78 is 43.2. The molecule has 2 aliphatic heterocycles. The van der Waals surface area contributed by atoms with Crippen molar-refractivity contribution in [1.29, 1.82) is 0 Å². The van der Waals surface area contributed by atoms with E-state index in [1.165, 1.54) is 12.1 Å². The highest BCUT2D eigenvalue weighted by Gasteiger charge is 2.34. The van der Waals surface area contributed by atoms with Crippen LogP contribution in [0.2, 0.25) is 0 Å². The molecule has 0 unspecified atom stereocenters. The Morgan fingerprint density at radius 3 is 2.33 bits per heavy atom. The Hall–Kier alpha value is -4.37. The second kappa shape index (κ2) is 11.4. The molecular formula is C34H33F3N4O2. The highest BCUT2D eigenvalue weighted by Crippen LogP contribution is 2.38. The van der Waals surface area contributed by atoms with Crippen LogP contribution in [0.1, 0.15) is 49.7 Å². The second-order valence-corrected chi connectivity index (χ2v) is 11.3. The Bertz CT molecular complexity index is 1690. The Morgan fingerprint density at radius 1 is 0.767 bits per heavy atom. The van der Waals surface area contributed by atoms with E-state index in [2.05, 4.69) is 11.9 Å². The minimum atomic E-state index is -4.49. The van der Waals surface area contributed by atoms with Gasteiger partial charge in [0.15, 0.2) is 0 Å². The number of hydrogen-bond donors (Lipinski definition) is 0. The van der Waals surface area contributed by atoms with E-state index in [1.807, 2.05) is 45.9 Å². The molecule has 9 heteroatoms. The van der Waals surface area contributed by atoms with Gasteiger partial charge in [0.2, 0.25) is 0 Å². The number of nitrogens with zero attached hydrogens (tertiary/aromatic N) is 4. The normalized spacial score (nSPS) is 15.8. The fourth-order valence-electron chi connectivity index (χ4n) is 6.16. The number of likely N-dealkylation sites (N-methyl/N-ethyl adjacent to an activating group) is 1. The van der Waals surface area contributed by atoms with Gasteiger partial charge in [-0.3, -0.25) is 9.59 Å². The molecule has 43 heavy (non-hydrogen) atoms. The molecule has 1 saturated heterocycles. The predicted octanol–water partition coefficient (Wildman–Crippen LogP) is 6.47. The van der Waals surface area contributed by atoms with Crippen molar-refractivity contribution >= 4 is 17.5 Å². The first kappa shape index (κ1) is 28.7. The van der Waals surface area contributed by atoms with Crippen LogP contribution in [-0.2, 0) is 19.3 Å². The molecule has 0 atom stereocenters. The Balaban J connectivity index is 1.33. The zero-order valence-electron chi connectivity index (χ0n) is 24.2. The van der Waals surface area contributed by atoms with Gasteiger partial charge in [-0.2, -0.15) is 13.2 Å². The number of aromatic nitrogens is 1. The lowest BCUT2D eigenvalue weighted by atomic mass is 9.94. The van der Waals surface area contributed by atoms with E-state index >= 15 is 0 Å². The van der Waals surface area contributed by atoms with Gasteiger partial charge in [-0.1, -0.05) is 42.5 Å². The van der Waals surface area contributed by atoms with Crippen molar-refractivity contribution in [2.45, 2.75) is 32.6 Å². The van der Waals surface area contributed by atoms with E-state index in [1.54, 1.807) is 36.1 Å². The molecule has 2 aliphatic rings. The fourth-order valence-corrected chi connectivity index (χ4v) is 6.16. The minimum Gasteiger partial charge on any atom is -0.336 e. The van der Waals surface area contributed by atoms with Gasteiger partial charge in [0, 0.05) is 36.6 Å². The van der Waals surface area contributed by atoms with Gasteiger partial charge in [0.25, 0.3) is 11.8 Å². The lowest BCUT2D eigenvalue weighted by molar-refractivity contribution is -0.137. The number of amides is 2. The molecule has 222 valence electrons. The molecule has 2 amide bonds. The molecule has 6 nitrogen and oxygen atoms in total. The first-order valence-electron chi connectivity index (χ1n) is 14.4. The second-order valence-electron chi connectivity index (χ2n) is 11.3. The summed E-state index contributed by atoms with van der Waals surface area (Å²) in [5.41, 5.74) is 3.85. The molecule has 1 aromatic heterocycles. The van der Waals surface area contributed by atoms with Crippen molar-refractivity contribution in [3.63, 3.8) is 0 Å². The molecule has 1 fully saturated rings. The summed E-state index contributed by atoms with van der Waals surface area (Å²) in [6.07, 6.45) is -3.58. The lowest BCUT2D eigenvalue weighted by Crippen LogP contribution is -2.35. The average Bonchev–Trinajstić information content (AvgIpc) is 3.14. The Morgan fingerprint density at radius 2 is 1.53 bits per heavy atom. The van der Waals surface area contributed by atoms with Crippen LogP contribution in [0.3, 0.4) is 0 Å². The van der Waals surface area contributed by atoms with Crippen molar-refractivity contribution in [2.24, 2.45) is 0 Å². The van der Waals surface area contributed by atoms with Crippen LogP contribution in [-0.4, -0.2) is 59.4 Å². The highest BCUT2D eigenvalue weighted by molar-refractivity contribution is 6.07. The van der Waals surface area contributed by atoms with Crippen LogP contribution < -0.4 is 4.90 Å². The van der Waals surface area contributed by atoms with Crippen LogP contribution in [0.25, 0.3) is 11.1 Å². The van der Waals surface area contributed by atoms with Crippen LogP contribution in [0.15, 0.2) is 78.9 Å². The number of carbonyl (C=O) groups is 2. The number of halogens is 3. The SMILES string of the molecule is Cc1cc(C(=O)N2Cc3ccc(C(=O)N4CCCN(C)CC4)n3Cc3ccccc32)ccc1-c1ccccc1C(F)(F)F. The molecule has 3 heterocycles. The summed E-state index contributed by atoms with van der Waals surface area (Å²) >= 11 is 0. The van der Waals surface area contributed by atoms with Crippen LogP contribution >= 0.6 is 0 Å². The summed E-state index contributed by atoms with van der Waals surface area (Å²) in [6, 6.07) is 21.7. The first-order chi connectivity index (χ1) is 20.6. The van der Waals surface area contributed by atoms with Crippen LogP contribution in [0, 0.1) is 6.92 Å². The standard InChI is InChI=1S/C34H33F3N4O2/c1-23-20-24(12-14-27(23)28-9-4-5-10-29(28)34(35,36)37)32(42)41-22-26-13-15-31(33(43)39-17-7-16-38(2)18-19-39)40(26)21-25-8-3-6-11-30(25)41/h3-6,8-15,20H,7,16-19,21-22H2,1-2H3. The van der Waals surface area contributed by atoms with E-state index in [9.17, 15) is 22.8 Å². The summed E-state index contributed by atoms with van der Waals surface area (Å²) in [4.78, 5) is 33.6. The number of aryl methyl sites for hydroxylation is 1. The molecule has 3 aromatic carbocycles. The van der Waals surface area contributed by atoms with Crippen molar-refractivity contribution < 1.29 is 22.8 Å². The largest absolute Gasteiger partial charge is 0.417 e. The molecule has 6 rings (SSSR count). The quantitative estimate of drug-likeness (QED) is 0.277. The molecule has 0 spiro atoms. The number of para-hydroxylation sites is 1. The van der Waals surface area contributed by atoms with Gasteiger partial charge in [-0.15, -0.1) is 0 Å². The van der Waals surface area contributed by atoms with E-state index in [-0.39, 0.29) is 23.9 Å². The first-order valence-corrected chi connectivity index (χ1v) is 14.4. The third-order valence-corrected chi connectivity index (χ3v) is 8.47. The summed E-state index contributed by atoms with van der Waals surface area (Å²) in [5.74, 6) is -0.270. The lowest BCUT2D eigenvalue weighted by Gasteiger charge is -2.23. The van der Waals surface area contributed by atoms with Gasteiger partial charge in [-0.05, 0) is 85.6 Å². The van der Waals surface area contributed by atoms with Gasteiger partial charge in [0.05, 0.1) is 18.7 Å². The predicted molar refractivity (Wildman–Crippen MR) is 160 cm³/mol. The van der Waals surface area contributed by atoms with E-state index < -0.39 is 11.7 Å². The van der Waals surface area contributed by atoms with Crippen molar-refractivity contribution in [1.82, 2.24) is 14.4 Å². The summed E-state index contributed by atoms with van der Waals surface area (Å²) in [6.45, 7) is 5.57. The maximum absolute atomic E-state index is 14.1. The van der Waals surface area contributed by atoms with Gasteiger partial charge in [-0.25, -0.2) is 0 Å². The zero-order valence-corrected chi connectivity index (χ0v) is 24.2. The molecule has 0 N–H and O–H groups in total. The van der Waals surface area contributed by atoms with Crippen molar-refractivity contribution in [3.8, 4) is 11.1 Å². The third-order valence-electron chi connectivity index (χ3n) is 8.47. The third kappa shape index (κ3) is 5.57. The smallest absolute Gasteiger partial charge is 0.336 e. The van der Waals surface area contributed by atoms with E-state index in [0.717, 1.165) is 42.5 Å². The number of benzene rings is 3. The summed E-state index contributed by atoms with van der Waals surface area (Å²) in [7, 11) is 2.07. The van der Waals surface area contributed by atoms with Gasteiger partial charge < -0.3 is 19.3 Å². The number of anilines is 1. The Labute approximate surface area is 248 Å². The minimum absolute atomic E-state index is 0.0100. The number of carbonyl (C=O) groups excluding carboxylic acids is 2. The average molecular weight is 587 g/mol. The maximum atomic E-state index is 14.1. The molecule has 0 saturated carbocycles. The van der Waals surface area contributed by atoms with Crippen LogP contribution in [0.4, 0.5) is 18.9 Å². The van der Waals surface area contributed by atoms with Crippen molar-refractivity contribution in [3.05, 3.63) is 113 Å². The van der Waals surface area contributed by atoms with Crippen molar-refractivity contribution in [2.75, 3.05) is 38.1 Å². The maximum Gasteiger partial charge on any atom is 0.417 e.